The number of ether oxygens (including phenoxy) is 1. The third-order valence-electron chi connectivity index (χ3n) is 2.92. The van der Waals surface area contributed by atoms with Gasteiger partial charge in [-0.25, -0.2) is 8.42 Å². The summed E-state index contributed by atoms with van der Waals surface area (Å²) in [4.78, 5) is 2.16. The SMILES string of the molecule is CC1(C)COCCN1c1snc(N)c1S(C)(=O)=O. The monoisotopic (exact) mass is 291 g/mol. The summed E-state index contributed by atoms with van der Waals surface area (Å²) in [5, 5.41) is 0.614. The average molecular weight is 291 g/mol. The van der Waals surface area contributed by atoms with E-state index in [1.807, 2.05) is 18.7 Å². The van der Waals surface area contributed by atoms with Crippen LogP contribution in [0.25, 0.3) is 0 Å². The lowest BCUT2D eigenvalue weighted by Crippen LogP contribution is -2.53. The first-order chi connectivity index (χ1) is 8.23. The van der Waals surface area contributed by atoms with Gasteiger partial charge in [-0.2, -0.15) is 4.37 Å². The highest BCUT2D eigenvalue weighted by atomic mass is 32.2. The van der Waals surface area contributed by atoms with Gasteiger partial charge < -0.3 is 15.4 Å². The van der Waals surface area contributed by atoms with Crippen molar-refractivity contribution in [3.63, 3.8) is 0 Å². The average Bonchev–Trinajstić information content (AvgIpc) is 2.58. The van der Waals surface area contributed by atoms with E-state index in [0.29, 0.717) is 24.8 Å². The van der Waals surface area contributed by atoms with Gasteiger partial charge in [-0.05, 0) is 25.4 Å². The van der Waals surface area contributed by atoms with E-state index in [9.17, 15) is 8.42 Å². The fourth-order valence-corrected chi connectivity index (χ4v) is 4.42. The molecule has 1 aliphatic rings. The van der Waals surface area contributed by atoms with Crippen LogP contribution >= 0.6 is 11.5 Å². The van der Waals surface area contributed by atoms with Crippen LogP contribution < -0.4 is 10.6 Å². The molecule has 0 spiro atoms. The van der Waals surface area contributed by atoms with Crippen LogP contribution in [-0.2, 0) is 14.6 Å². The number of nitrogen functional groups attached to an aromatic ring is 1. The lowest BCUT2D eigenvalue weighted by atomic mass is 10.0. The number of nitrogens with two attached hydrogens (primary N) is 1. The van der Waals surface area contributed by atoms with Crippen LogP contribution in [0.1, 0.15) is 13.8 Å². The van der Waals surface area contributed by atoms with Gasteiger partial charge in [-0.1, -0.05) is 0 Å². The molecule has 2 N–H and O–H groups in total. The minimum absolute atomic E-state index is 0.0831. The molecule has 8 heteroatoms. The Morgan fingerprint density at radius 2 is 2.17 bits per heavy atom. The zero-order valence-electron chi connectivity index (χ0n) is 10.6. The van der Waals surface area contributed by atoms with Gasteiger partial charge in [0.2, 0.25) is 0 Å². The Bertz CT molecular complexity index is 551. The molecule has 2 heterocycles. The number of sulfone groups is 1. The van der Waals surface area contributed by atoms with E-state index in [1.165, 1.54) is 0 Å². The Balaban J connectivity index is 2.52. The molecule has 0 saturated carbocycles. The van der Waals surface area contributed by atoms with Crippen LogP contribution in [-0.4, -0.2) is 44.3 Å². The van der Waals surface area contributed by atoms with Gasteiger partial charge in [-0.3, -0.25) is 0 Å². The molecule has 1 aromatic heterocycles. The number of hydrogen-bond acceptors (Lipinski definition) is 7. The standard InChI is InChI=1S/C10H17N3O3S2/c1-10(2)6-16-5-4-13(10)9-7(18(3,14)15)8(11)12-17-9/h4-6H2,1-3H3,(H2,11,12). The molecule has 0 amide bonds. The largest absolute Gasteiger partial charge is 0.382 e. The summed E-state index contributed by atoms with van der Waals surface area (Å²) < 4.78 is 33.0. The van der Waals surface area contributed by atoms with Crippen molar-refractivity contribution < 1.29 is 13.2 Å². The molecular formula is C10H17N3O3S2. The second-order valence-corrected chi connectivity index (χ2v) is 7.70. The number of nitrogens with zero attached hydrogens (tertiary/aromatic N) is 2. The van der Waals surface area contributed by atoms with Crippen molar-refractivity contribution in [3.05, 3.63) is 0 Å². The van der Waals surface area contributed by atoms with Gasteiger partial charge >= 0.3 is 0 Å². The molecule has 102 valence electrons. The predicted octanol–water partition coefficient (Wildman–Crippen LogP) is 0.744. The van der Waals surface area contributed by atoms with Crippen molar-refractivity contribution in [2.24, 2.45) is 0 Å². The van der Waals surface area contributed by atoms with E-state index < -0.39 is 9.84 Å². The topological polar surface area (TPSA) is 85.5 Å². The van der Waals surface area contributed by atoms with E-state index in [4.69, 9.17) is 10.5 Å². The smallest absolute Gasteiger partial charge is 0.182 e. The lowest BCUT2D eigenvalue weighted by Gasteiger charge is -2.42. The van der Waals surface area contributed by atoms with Crippen molar-refractivity contribution in [3.8, 4) is 0 Å². The fourth-order valence-electron chi connectivity index (χ4n) is 2.04. The van der Waals surface area contributed by atoms with Gasteiger partial charge in [0.25, 0.3) is 0 Å². The Hall–Kier alpha value is -0.860. The quantitative estimate of drug-likeness (QED) is 0.865. The third kappa shape index (κ3) is 2.32. The van der Waals surface area contributed by atoms with Crippen molar-refractivity contribution in [1.82, 2.24) is 4.37 Å². The summed E-state index contributed by atoms with van der Waals surface area (Å²) in [6.07, 6.45) is 1.16. The molecule has 6 nitrogen and oxygen atoms in total. The third-order valence-corrected chi connectivity index (χ3v) is 5.08. The lowest BCUT2D eigenvalue weighted by molar-refractivity contribution is 0.0645. The molecular weight excluding hydrogens is 274 g/mol. The van der Waals surface area contributed by atoms with E-state index in [-0.39, 0.29) is 16.3 Å². The van der Waals surface area contributed by atoms with Crippen LogP contribution in [0.2, 0.25) is 0 Å². The number of morpholine rings is 1. The first kappa shape index (κ1) is 13.6. The minimum Gasteiger partial charge on any atom is -0.382 e. The van der Waals surface area contributed by atoms with Crippen LogP contribution in [0.4, 0.5) is 10.8 Å². The van der Waals surface area contributed by atoms with Crippen LogP contribution in [0.5, 0.6) is 0 Å². The maximum absolute atomic E-state index is 11.8. The molecule has 0 aliphatic carbocycles. The summed E-state index contributed by atoms with van der Waals surface area (Å²) in [5.74, 6) is 0.0831. The van der Waals surface area contributed by atoms with E-state index >= 15 is 0 Å². The molecule has 0 aromatic carbocycles. The summed E-state index contributed by atoms with van der Waals surface area (Å²) >= 11 is 1.13. The molecule has 1 aromatic rings. The Morgan fingerprint density at radius 3 is 2.72 bits per heavy atom. The molecule has 1 saturated heterocycles. The van der Waals surface area contributed by atoms with Crippen molar-refractivity contribution in [2.45, 2.75) is 24.3 Å². The molecule has 1 aliphatic heterocycles. The summed E-state index contributed by atoms with van der Waals surface area (Å²) in [6, 6.07) is 0. The van der Waals surface area contributed by atoms with Crippen molar-refractivity contribution in [2.75, 3.05) is 36.6 Å². The van der Waals surface area contributed by atoms with Gasteiger partial charge in [-0.15, -0.1) is 0 Å². The molecule has 0 radical (unpaired) electrons. The van der Waals surface area contributed by atoms with Gasteiger partial charge in [0, 0.05) is 12.8 Å². The highest BCUT2D eigenvalue weighted by Gasteiger charge is 2.36. The Kier molecular flexibility index (Phi) is 3.28. The summed E-state index contributed by atoms with van der Waals surface area (Å²) in [5.41, 5.74) is 5.42. The second kappa shape index (κ2) is 4.36. The number of anilines is 2. The van der Waals surface area contributed by atoms with Crippen LogP contribution in [0.15, 0.2) is 4.90 Å². The Labute approximate surface area is 111 Å². The number of hydrogen-bond donors (Lipinski definition) is 1. The summed E-state index contributed by atoms with van der Waals surface area (Å²) in [6.45, 7) is 5.78. The number of rotatable bonds is 2. The van der Waals surface area contributed by atoms with Crippen molar-refractivity contribution >= 4 is 32.2 Å². The van der Waals surface area contributed by atoms with E-state index in [1.54, 1.807) is 0 Å². The molecule has 0 bridgehead atoms. The maximum Gasteiger partial charge on any atom is 0.182 e. The molecule has 2 rings (SSSR count). The summed E-state index contributed by atoms with van der Waals surface area (Å²) in [7, 11) is -3.38. The van der Waals surface area contributed by atoms with Crippen LogP contribution in [0.3, 0.4) is 0 Å². The number of aromatic nitrogens is 1. The van der Waals surface area contributed by atoms with E-state index in [2.05, 4.69) is 4.37 Å². The predicted molar refractivity (Wildman–Crippen MR) is 71.9 cm³/mol. The molecule has 0 atom stereocenters. The molecule has 1 fully saturated rings. The Morgan fingerprint density at radius 1 is 1.50 bits per heavy atom. The van der Waals surface area contributed by atoms with Gasteiger partial charge in [0.15, 0.2) is 15.7 Å². The molecule has 0 unspecified atom stereocenters. The van der Waals surface area contributed by atoms with Gasteiger partial charge in [0.1, 0.15) is 9.90 Å². The zero-order chi connectivity index (χ0) is 13.6. The van der Waals surface area contributed by atoms with E-state index in [0.717, 1.165) is 17.8 Å². The van der Waals surface area contributed by atoms with Crippen molar-refractivity contribution in [1.29, 1.82) is 0 Å². The fraction of sp³-hybridized carbons (Fsp3) is 0.700. The second-order valence-electron chi connectivity index (χ2n) is 4.99. The van der Waals surface area contributed by atoms with Crippen LogP contribution in [0, 0.1) is 0 Å². The highest BCUT2D eigenvalue weighted by molar-refractivity contribution is 7.91. The highest BCUT2D eigenvalue weighted by Crippen LogP contribution is 2.38. The van der Waals surface area contributed by atoms with Gasteiger partial charge in [0.05, 0.1) is 18.8 Å². The zero-order valence-corrected chi connectivity index (χ0v) is 12.3. The molecule has 18 heavy (non-hydrogen) atoms. The maximum atomic E-state index is 11.8. The minimum atomic E-state index is -3.38. The first-order valence-corrected chi connectivity index (χ1v) is 8.20. The first-order valence-electron chi connectivity index (χ1n) is 5.54. The normalized spacial score (nSPS) is 20.1.